The van der Waals surface area contributed by atoms with Crippen molar-refractivity contribution < 1.29 is 14.1 Å². The van der Waals surface area contributed by atoms with Crippen LogP contribution < -0.4 is 10.2 Å². The highest BCUT2D eigenvalue weighted by Crippen LogP contribution is 2.48. The highest BCUT2D eigenvalue weighted by Gasteiger charge is 2.52. The molecule has 2 aromatic rings. The second-order valence-electron chi connectivity index (χ2n) is 9.02. The number of anilines is 1. The first kappa shape index (κ1) is 20.5. The minimum absolute atomic E-state index is 0.152. The number of amides is 1. The third kappa shape index (κ3) is 4.19. The van der Waals surface area contributed by atoms with Crippen molar-refractivity contribution in [1.82, 2.24) is 20.4 Å². The normalized spacial score (nSPS) is 29.4. The first-order valence-corrected chi connectivity index (χ1v) is 11.4. The zero-order valence-electron chi connectivity index (χ0n) is 17.9. The first-order valence-electron chi connectivity index (χ1n) is 11.4. The number of carbonyl (C=O) groups is 1. The number of fused-ring (bicyclic) bond motifs is 1. The van der Waals surface area contributed by atoms with Gasteiger partial charge in [0.2, 0.25) is 5.91 Å². The van der Waals surface area contributed by atoms with Crippen molar-refractivity contribution in [2.45, 2.75) is 38.3 Å². The van der Waals surface area contributed by atoms with Gasteiger partial charge in [-0.05, 0) is 43.7 Å². The fourth-order valence-corrected chi connectivity index (χ4v) is 5.73. The summed E-state index contributed by atoms with van der Waals surface area (Å²) in [5, 5.41) is 7.12. The Balaban J connectivity index is 1.35. The molecule has 5 rings (SSSR count). The molecule has 0 radical (unpaired) electrons. The van der Waals surface area contributed by atoms with Crippen molar-refractivity contribution in [2.75, 3.05) is 44.3 Å². The topological polar surface area (TPSA) is 83.7 Å². The number of nitrogens with zero attached hydrogens (tertiary/aromatic N) is 4. The predicted molar refractivity (Wildman–Crippen MR) is 115 cm³/mol. The van der Waals surface area contributed by atoms with Crippen molar-refractivity contribution >= 4 is 11.6 Å². The highest BCUT2D eigenvalue weighted by atomic mass is 16.5. The van der Waals surface area contributed by atoms with E-state index in [2.05, 4.69) is 25.3 Å². The van der Waals surface area contributed by atoms with Crippen LogP contribution in [0.15, 0.2) is 41.4 Å². The van der Waals surface area contributed by atoms with Gasteiger partial charge in [-0.3, -0.25) is 14.7 Å². The Bertz CT molecular complexity index is 855. The number of ether oxygens (including phenoxy) is 1. The maximum absolute atomic E-state index is 13.7. The molecule has 2 aliphatic heterocycles. The number of hydrogen-bond donors (Lipinski definition) is 1. The molecule has 0 bridgehead atoms. The molecule has 0 unspecified atom stereocenters. The average Bonchev–Trinajstić information content (AvgIpc) is 3.36. The van der Waals surface area contributed by atoms with Gasteiger partial charge in [-0.25, -0.2) is 0 Å². The summed E-state index contributed by atoms with van der Waals surface area (Å²) < 4.78 is 10.5. The third-order valence-electron chi connectivity index (χ3n) is 7.45. The van der Waals surface area contributed by atoms with E-state index in [1.807, 2.05) is 24.5 Å². The zero-order valence-corrected chi connectivity index (χ0v) is 17.9. The standard InChI is InChI=1S/C23H31N5O3/c29-22(25-16-19-5-12-31-26-19)23-6-1-21(27-10-13-30-14-11-27)15-18(23)4-9-28(17-23)20-2-7-24-8-3-20/h2-3,5,7-8,12,18,21H,1,4,6,9-11,13-17H2,(H,25,29)/t18-,21+,23-/m1/s1. The summed E-state index contributed by atoms with van der Waals surface area (Å²) in [6, 6.07) is 6.44. The van der Waals surface area contributed by atoms with Gasteiger partial charge in [0.15, 0.2) is 0 Å². The van der Waals surface area contributed by atoms with E-state index in [-0.39, 0.29) is 11.3 Å². The molecule has 1 saturated carbocycles. The van der Waals surface area contributed by atoms with E-state index in [1.165, 1.54) is 0 Å². The van der Waals surface area contributed by atoms with Crippen LogP contribution in [0.4, 0.5) is 5.69 Å². The number of carbonyl (C=O) groups excluding carboxylic acids is 1. The van der Waals surface area contributed by atoms with E-state index in [4.69, 9.17) is 9.26 Å². The molecule has 3 aliphatic rings. The molecule has 2 aromatic heterocycles. The summed E-state index contributed by atoms with van der Waals surface area (Å²) in [5.41, 5.74) is 1.52. The maximum atomic E-state index is 13.7. The molecule has 0 aromatic carbocycles. The van der Waals surface area contributed by atoms with Gasteiger partial charge in [-0.2, -0.15) is 0 Å². The van der Waals surface area contributed by atoms with Gasteiger partial charge in [0.25, 0.3) is 0 Å². The zero-order chi connectivity index (χ0) is 21.1. The molecule has 3 atom stereocenters. The van der Waals surface area contributed by atoms with Crippen molar-refractivity contribution in [2.24, 2.45) is 11.3 Å². The number of hydrogen-bond acceptors (Lipinski definition) is 7. The van der Waals surface area contributed by atoms with Crippen LogP contribution in [-0.4, -0.2) is 66.4 Å². The number of nitrogens with one attached hydrogen (secondary N) is 1. The van der Waals surface area contributed by atoms with Gasteiger partial charge in [0.1, 0.15) is 12.0 Å². The van der Waals surface area contributed by atoms with Gasteiger partial charge in [0.05, 0.1) is 25.2 Å². The summed E-state index contributed by atoms with van der Waals surface area (Å²) >= 11 is 0. The van der Waals surface area contributed by atoms with Crippen LogP contribution in [0.3, 0.4) is 0 Å². The lowest BCUT2D eigenvalue weighted by Crippen LogP contribution is -2.61. The van der Waals surface area contributed by atoms with Crippen LogP contribution in [0.2, 0.25) is 0 Å². The minimum atomic E-state index is -0.381. The molecule has 0 spiro atoms. The molecule has 31 heavy (non-hydrogen) atoms. The predicted octanol–water partition coefficient (Wildman–Crippen LogP) is 2.08. The van der Waals surface area contributed by atoms with Crippen molar-refractivity contribution in [3.8, 4) is 0 Å². The number of pyridine rings is 1. The van der Waals surface area contributed by atoms with Crippen LogP contribution in [0.1, 0.15) is 31.4 Å². The Morgan fingerprint density at radius 3 is 2.77 bits per heavy atom. The lowest BCUT2D eigenvalue weighted by Gasteiger charge is -2.53. The SMILES string of the molecule is O=C(NCc1ccon1)[C@@]12CC[C@H](N3CCOCC3)C[C@H]1CCN(c1ccncc1)C2. The van der Waals surface area contributed by atoms with Gasteiger partial charge in [-0.1, -0.05) is 5.16 Å². The summed E-state index contributed by atoms with van der Waals surface area (Å²) in [6.07, 6.45) is 9.27. The molecule has 2 saturated heterocycles. The molecule has 3 fully saturated rings. The van der Waals surface area contributed by atoms with Crippen molar-refractivity contribution in [3.63, 3.8) is 0 Å². The van der Waals surface area contributed by atoms with Gasteiger partial charge in [-0.15, -0.1) is 0 Å². The molecular weight excluding hydrogens is 394 g/mol. The fraction of sp³-hybridized carbons (Fsp3) is 0.609. The molecule has 8 nitrogen and oxygen atoms in total. The van der Waals surface area contributed by atoms with Gasteiger partial charge < -0.3 is 19.5 Å². The molecule has 8 heteroatoms. The lowest BCUT2D eigenvalue weighted by molar-refractivity contribution is -0.139. The van der Waals surface area contributed by atoms with Crippen LogP contribution in [0, 0.1) is 11.3 Å². The Labute approximate surface area is 182 Å². The number of rotatable bonds is 5. The maximum Gasteiger partial charge on any atom is 0.228 e. The molecular formula is C23H31N5O3. The van der Waals surface area contributed by atoms with Crippen LogP contribution >= 0.6 is 0 Å². The van der Waals surface area contributed by atoms with E-state index in [0.717, 1.165) is 76.5 Å². The summed E-state index contributed by atoms with van der Waals surface area (Å²) in [6.45, 7) is 5.79. The second-order valence-corrected chi connectivity index (χ2v) is 9.02. The molecule has 1 N–H and O–H groups in total. The van der Waals surface area contributed by atoms with Crippen LogP contribution in [0.5, 0.6) is 0 Å². The van der Waals surface area contributed by atoms with E-state index in [9.17, 15) is 4.79 Å². The Kier molecular flexibility index (Phi) is 5.91. The third-order valence-corrected chi connectivity index (χ3v) is 7.45. The molecule has 4 heterocycles. The summed E-state index contributed by atoms with van der Waals surface area (Å²) in [7, 11) is 0. The van der Waals surface area contributed by atoms with E-state index in [0.29, 0.717) is 18.5 Å². The molecule has 1 amide bonds. The van der Waals surface area contributed by atoms with Crippen molar-refractivity contribution in [1.29, 1.82) is 0 Å². The monoisotopic (exact) mass is 425 g/mol. The molecule has 166 valence electrons. The molecule has 1 aliphatic carbocycles. The van der Waals surface area contributed by atoms with Crippen molar-refractivity contribution in [3.05, 3.63) is 42.5 Å². The quantitative estimate of drug-likeness (QED) is 0.785. The Morgan fingerprint density at radius 2 is 2.00 bits per heavy atom. The van der Waals surface area contributed by atoms with Crippen LogP contribution in [-0.2, 0) is 16.1 Å². The number of morpholine rings is 1. The van der Waals surface area contributed by atoms with Gasteiger partial charge >= 0.3 is 0 Å². The Hall–Kier alpha value is -2.45. The smallest absolute Gasteiger partial charge is 0.228 e. The summed E-state index contributed by atoms with van der Waals surface area (Å²) in [5.74, 6) is 0.532. The van der Waals surface area contributed by atoms with E-state index in [1.54, 1.807) is 12.3 Å². The largest absolute Gasteiger partial charge is 0.379 e. The first-order chi connectivity index (χ1) is 15.2. The Morgan fingerprint density at radius 1 is 1.16 bits per heavy atom. The minimum Gasteiger partial charge on any atom is -0.379 e. The highest BCUT2D eigenvalue weighted by molar-refractivity contribution is 5.84. The lowest BCUT2D eigenvalue weighted by atomic mass is 9.60. The fourth-order valence-electron chi connectivity index (χ4n) is 5.73. The number of aromatic nitrogens is 2. The average molecular weight is 426 g/mol. The van der Waals surface area contributed by atoms with Gasteiger partial charge in [0, 0.05) is 56.4 Å². The number of piperidine rings is 1. The summed E-state index contributed by atoms with van der Waals surface area (Å²) in [4.78, 5) is 22.8. The van der Waals surface area contributed by atoms with Crippen LogP contribution in [0.25, 0.3) is 0 Å². The van der Waals surface area contributed by atoms with E-state index < -0.39 is 0 Å². The van der Waals surface area contributed by atoms with E-state index >= 15 is 0 Å². The second kappa shape index (κ2) is 8.96.